The van der Waals surface area contributed by atoms with Gasteiger partial charge in [-0.25, -0.2) is 4.98 Å². The Kier molecular flexibility index (Phi) is 3.64. The van der Waals surface area contributed by atoms with Crippen LogP contribution in [-0.4, -0.2) is 22.4 Å². The third-order valence-electron chi connectivity index (χ3n) is 3.61. The Bertz CT molecular complexity index is 547. The van der Waals surface area contributed by atoms with E-state index in [9.17, 15) is 4.79 Å². The quantitative estimate of drug-likeness (QED) is 0.896. The molecule has 4 nitrogen and oxygen atoms in total. The summed E-state index contributed by atoms with van der Waals surface area (Å²) in [5, 5.41) is 5.11. The highest BCUT2D eigenvalue weighted by Crippen LogP contribution is 2.22. The molecule has 1 aliphatic rings. The molecule has 0 bridgehead atoms. The van der Waals surface area contributed by atoms with Gasteiger partial charge in [0, 0.05) is 29.5 Å². The minimum atomic E-state index is 0.0938. The Morgan fingerprint density at radius 3 is 3.37 bits per heavy atom. The standard InChI is InChI=1S/C14H17N3OS/c18-14(15-6-5-11-2-1-7-19-11)10-3-4-12-13(8-10)17-9-16-12/h1-2,7,9-10H,3-6,8H2,(H,15,18)(H,16,17). The summed E-state index contributed by atoms with van der Waals surface area (Å²) >= 11 is 1.74. The maximum Gasteiger partial charge on any atom is 0.223 e. The summed E-state index contributed by atoms with van der Waals surface area (Å²) in [4.78, 5) is 20.8. The number of aryl methyl sites for hydroxylation is 1. The van der Waals surface area contributed by atoms with Crippen LogP contribution in [0.1, 0.15) is 22.7 Å². The molecule has 0 fully saturated rings. The Morgan fingerprint density at radius 1 is 1.58 bits per heavy atom. The van der Waals surface area contributed by atoms with Crippen LogP contribution in [0.2, 0.25) is 0 Å². The van der Waals surface area contributed by atoms with Crippen molar-refractivity contribution in [2.45, 2.75) is 25.7 Å². The summed E-state index contributed by atoms with van der Waals surface area (Å²) in [6.07, 6.45) is 5.25. The zero-order chi connectivity index (χ0) is 13.1. The van der Waals surface area contributed by atoms with Crippen molar-refractivity contribution in [2.24, 2.45) is 5.92 Å². The number of carbonyl (C=O) groups is 1. The van der Waals surface area contributed by atoms with E-state index in [1.54, 1.807) is 17.7 Å². The fraction of sp³-hybridized carbons (Fsp3) is 0.429. The predicted octanol–water partition coefficient (Wildman–Crippen LogP) is 1.93. The number of carbonyl (C=O) groups excluding carboxylic acids is 1. The van der Waals surface area contributed by atoms with E-state index in [1.165, 1.54) is 4.88 Å². The number of nitrogens with one attached hydrogen (secondary N) is 2. The first-order valence-electron chi connectivity index (χ1n) is 6.64. The molecule has 2 N–H and O–H groups in total. The van der Waals surface area contributed by atoms with Crippen LogP contribution in [0.25, 0.3) is 0 Å². The monoisotopic (exact) mass is 275 g/mol. The lowest BCUT2D eigenvalue weighted by Gasteiger charge is -2.20. The number of hydrogen-bond acceptors (Lipinski definition) is 3. The Labute approximate surface area is 116 Å². The van der Waals surface area contributed by atoms with Gasteiger partial charge in [0.1, 0.15) is 0 Å². The highest BCUT2D eigenvalue weighted by molar-refractivity contribution is 7.09. The molecule has 1 amide bonds. The van der Waals surface area contributed by atoms with Gasteiger partial charge in [-0.3, -0.25) is 4.79 Å². The summed E-state index contributed by atoms with van der Waals surface area (Å²) in [6, 6.07) is 4.15. The Balaban J connectivity index is 1.49. The summed E-state index contributed by atoms with van der Waals surface area (Å²) in [5.74, 6) is 0.271. The van der Waals surface area contributed by atoms with Gasteiger partial charge < -0.3 is 10.3 Å². The van der Waals surface area contributed by atoms with Gasteiger partial charge in [-0.15, -0.1) is 11.3 Å². The number of fused-ring (bicyclic) bond motifs is 1. The number of aromatic amines is 1. The Hall–Kier alpha value is -1.62. The van der Waals surface area contributed by atoms with Gasteiger partial charge in [0.15, 0.2) is 0 Å². The summed E-state index contributed by atoms with van der Waals surface area (Å²) in [7, 11) is 0. The van der Waals surface area contributed by atoms with Gasteiger partial charge in [-0.05, 0) is 30.7 Å². The molecule has 1 aliphatic carbocycles. The summed E-state index contributed by atoms with van der Waals surface area (Å²) in [5.41, 5.74) is 2.26. The number of nitrogens with zero attached hydrogens (tertiary/aromatic N) is 1. The summed E-state index contributed by atoms with van der Waals surface area (Å²) in [6.45, 7) is 0.728. The minimum absolute atomic E-state index is 0.0938. The number of aromatic nitrogens is 2. The first-order chi connectivity index (χ1) is 9.33. The number of H-pyrrole nitrogens is 1. The number of amides is 1. The van der Waals surface area contributed by atoms with Crippen molar-refractivity contribution in [1.29, 1.82) is 0 Å². The molecule has 2 heterocycles. The molecule has 0 saturated heterocycles. The second-order valence-electron chi connectivity index (χ2n) is 4.89. The van der Waals surface area contributed by atoms with Gasteiger partial charge in [-0.1, -0.05) is 6.07 Å². The van der Waals surface area contributed by atoms with Crippen LogP contribution in [-0.2, 0) is 24.1 Å². The lowest BCUT2D eigenvalue weighted by molar-refractivity contribution is -0.125. The topological polar surface area (TPSA) is 57.8 Å². The SMILES string of the molecule is O=C(NCCc1cccs1)C1CCc2nc[nH]c2C1. The van der Waals surface area contributed by atoms with E-state index in [0.29, 0.717) is 0 Å². The molecule has 2 aromatic rings. The highest BCUT2D eigenvalue weighted by Gasteiger charge is 2.25. The lowest BCUT2D eigenvalue weighted by Crippen LogP contribution is -2.35. The average molecular weight is 275 g/mol. The molecule has 0 aliphatic heterocycles. The molecule has 2 aromatic heterocycles. The molecule has 3 rings (SSSR count). The van der Waals surface area contributed by atoms with Crippen LogP contribution in [0, 0.1) is 5.92 Å². The van der Waals surface area contributed by atoms with Crippen molar-refractivity contribution in [1.82, 2.24) is 15.3 Å². The van der Waals surface area contributed by atoms with Crippen LogP contribution in [0.3, 0.4) is 0 Å². The van der Waals surface area contributed by atoms with Crippen molar-refractivity contribution < 1.29 is 4.79 Å². The first kappa shape index (κ1) is 12.4. The minimum Gasteiger partial charge on any atom is -0.355 e. The van der Waals surface area contributed by atoms with Crippen molar-refractivity contribution in [3.63, 3.8) is 0 Å². The molecule has 100 valence electrons. The molecule has 0 saturated carbocycles. The lowest BCUT2D eigenvalue weighted by atomic mass is 9.89. The van der Waals surface area contributed by atoms with E-state index in [2.05, 4.69) is 26.7 Å². The van der Waals surface area contributed by atoms with Crippen LogP contribution in [0.15, 0.2) is 23.8 Å². The zero-order valence-corrected chi connectivity index (χ0v) is 11.5. The number of hydrogen-bond donors (Lipinski definition) is 2. The van der Waals surface area contributed by atoms with Crippen LogP contribution in [0.5, 0.6) is 0 Å². The average Bonchev–Trinajstić information content (AvgIpc) is 3.08. The van der Waals surface area contributed by atoms with E-state index >= 15 is 0 Å². The molecule has 1 atom stereocenters. The zero-order valence-electron chi connectivity index (χ0n) is 10.7. The van der Waals surface area contributed by atoms with Crippen molar-refractivity contribution >= 4 is 17.2 Å². The Morgan fingerprint density at radius 2 is 2.53 bits per heavy atom. The van der Waals surface area contributed by atoms with Gasteiger partial charge in [-0.2, -0.15) is 0 Å². The molecule has 0 aromatic carbocycles. The van der Waals surface area contributed by atoms with Crippen molar-refractivity contribution in [2.75, 3.05) is 6.54 Å². The molecule has 0 radical (unpaired) electrons. The molecule has 1 unspecified atom stereocenters. The molecule has 19 heavy (non-hydrogen) atoms. The van der Waals surface area contributed by atoms with E-state index in [-0.39, 0.29) is 11.8 Å². The summed E-state index contributed by atoms with van der Waals surface area (Å²) < 4.78 is 0. The number of rotatable bonds is 4. The smallest absolute Gasteiger partial charge is 0.223 e. The van der Waals surface area contributed by atoms with E-state index < -0.39 is 0 Å². The van der Waals surface area contributed by atoms with E-state index in [4.69, 9.17) is 0 Å². The first-order valence-corrected chi connectivity index (χ1v) is 7.52. The largest absolute Gasteiger partial charge is 0.355 e. The van der Waals surface area contributed by atoms with Crippen LogP contribution >= 0.6 is 11.3 Å². The molecule has 0 spiro atoms. The molecular weight excluding hydrogens is 258 g/mol. The fourth-order valence-electron chi connectivity index (χ4n) is 2.53. The highest BCUT2D eigenvalue weighted by atomic mass is 32.1. The van der Waals surface area contributed by atoms with Crippen LogP contribution < -0.4 is 5.32 Å². The number of imidazole rings is 1. The van der Waals surface area contributed by atoms with E-state index in [0.717, 1.165) is 43.6 Å². The molecule has 5 heteroatoms. The maximum atomic E-state index is 12.1. The van der Waals surface area contributed by atoms with Gasteiger partial charge in [0.05, 0.1) is 12.0 Å². The fourth-order valence-corrected chi connectivity index (χ4v) is 3.24. The van der Waals surface area contributed by atoms with Gasteiger partial charge in [0.25, 0.3) is 0 Å². The third kappa shape index (κ3) is 2.87. The predicted molar refractivity (Wildman–Crippen MR) is 75.1 cm³/mol. The maximum absolute atomic E-state index is 12.1. The van der Waals surface area contributed by atoms with Crippen molar-refractivity contribution in [3.8, 4) is 0 Å². The number of thiophene rings is 1. The van der Waals surface area contributed by atoms with Crippen LogP contribution in [0.4, 0.5) is 0 Å². The van der Waals surface area contributed by atoms with E-state index in [1.807, 2.05) is 6.07 Å². The normalized spacial score (nSPS) is 18.0. The van der Waals surface area contributed by atoms with Gasteiger partial charge >= 0.3 is 0 Å². The molecular formula is C14H17N3OS. The third-order valence-corrected chi connectivity index (χ3v) is 4.55. The second-order valence-corrected chi connectivity index (χ2v) is 5.92. The van der Waals surface area contributed by atoms with Gasteiger partial charge in [0.2, 0.25) is 5.91 Å². The van der Waals surface area contributed by atoms with Crippen molar-refractivity contribution in [3.05, 3.63) is 40.1 Å². The second kappa shape index (κ2) is 5.57.